The van der Waals surface area contributed by atoms with Crippen molar-refractivity contribution in [2.75, 3.05) is 13.2 Å². The van der Waals surface area contributed by atoms with Gasteiger partial charge in [0.2, 0.25) is 6.29 Å². The van der Waals surface area contributed by atoms with E-state index in [-0.39, 0.29) is 33.8 Å². The molecule has 2 aromatic carbocycles. The Bertz CT molecular complexity index is 1420. The molecule has 2 saturated heterocycles. The monoisotopic (exact) mass is 564 g/mol. The minimum atomic E-state index is -1.86. The number of hydrogen-bond donors (Lipinski definition) is 9. The van der Waals surface area contributed by atoms with Crippen molar-refractivity contribution >= 4 is 11.0 Å². The first-order valence-electron chi connectivity index (χ1n) is 12.3. The second-order valence-electron chi connectivity index (χ2n) is 9.65. The largest absolute Gasteiger partial charge is 0.508 e. The highest BCUT2D eigenvalue weighted by Crippen LogP contribution is 2.45. The molecule has 2 aliphatic rings. The maximum absolute atomic E-state index is 13.2. The first kappa shape index (κ1) is 28.2. The van der Waals surface area contributed by atoms with E-state index in [9.17, 15) is 50.8 Å². The summed E-state index contributed by atoms with van der Waals surface area (Å²) >= 11 is 0. The molecule has 9 unspecified atom stereocenters. The fraction of sp³-hybridized carbons (Fsp3) is 0.423. The van der Waals surface area contributed by atoms with Crippen LogP contribution < -0.4 is 10.2 Å². The summed E-state index contributed by atoms with van der Waals surface area (Å²) in [7, 11) is 0. The van der Waals surface area contributed by atoms with Crippen molar-refractivity contribution in [2.45, 2.75) is 55.1 Å². The third-order valence-corrected chi connectivity index (χ3v) is 7.02. The van der Waals surface area contributed by atoms with E-state index in [1.165, 1.54) is 24.3 Å². The summed E-state index contributed by atoms with van der Waals surface area (Å²) in [6, 6.07) is 7.93. The van der Waals surface area contributed by atoms with Gasteiger partial charge in [0.05, 0.1) is 18.8 Å². The van der Waals surface area contributed by atoms with E-state index in [1.54, 1.807) is 0 Å². The van der Waals surface area contributed by atoms with E-state index in [2.05, 4.69) is 0 Å². The number of hydrogen-bond acceptors (Lipinski definition) is 14. The summed E-state index contributed by atoms with van der Waals surface area (Å²) in [5, 5.41) is 91.6. The number of benzene rings is 2. The second-order valence-corrected chi connectivity index (χ2v) is 9.65. The number of rotatable bonds is 5. The van der Waals surface area contributed by atoms with Crippen molar-refractivity contribution in [3.05, 3.63) is 52.2 Å². The van der Waals surface area contributed by atoms with Crippen LogP contribution in [-0.4, -0.2) is 108 Å². The molecule has 0 saturated carbocycles. The minimum Gasteiger partial charge on any atom is -0.508 e. The first-order chi connectivity index (χ1) is 19.0. The molecular formula is C26H28O14. The number of ether oxygens (including phenoxy) is 3. The van der Waals surface area contributed by atoms with Gasteiger partial charge in [-0.2, -0.15) is 0 Å². The Morgan fingerprint density at radius 1 is 0.875 bits per heavy atom. The first-order valence-corrected chi connectivity index (χ1v) is 12.3. The normalized spacial score (nSPS) is 32.7. The Balaban J connectivity index is 1.66. The van der Waals surface area contributed by atoms with Gasteiger partial charge in [-0.1, -0.05) is 0 Å². The van der Waals surface area contributed by atoms with Crippen LogP contribution in [0.4, 0.5) is 0 Å². The summed E-state index contributed by atoms with van der Waals surface area (Å²) in [5.41, 5.74) is -0.900. The predicted molar refractivity (Wildman–Crippen MR) is 132 cm³/mol. The van der Waals surface area contributed by atoms with E-state index >= 15 is 0 Å². The third-order valence-electron chi connectivity index (χ3n) is 7.02. The van der Waals surface area contributed by atoms with Crippen LogP contribution in [-0.2, 0) is 9.47 Å². The van der Waals surface area contributed by atoms with Gasteiger partial charge in [0.15, 0.2) is 5.43 Å². The number of fused-ring (bicyclic) bond motifs is 1. The zero-order valence-corrected chi connectivity index (χ0v) is 20.6. The van der Waals surface area contributed by atoms with Crippen molar-refractivity contribution in [3.63, 3.8) is 0 Å². The lowest BCUT2D eigenvalue weighted by Gasteiger charge is -2.40. The topological polar surface area (TPSA) is 240 Å². The molecule has 0 aliphatic carbocycles. The zero-order chi connectivity index (χ0) is 28.9. The molecule has 1 aromatic heterocycles. The number of aliphatic hydroxyl groups is 7. The Labute approximate surface area is 225 Å². The molecule has 5 rings (SSSR count). The Morgan fingerprint density at radius 2 is 1.57 bits per heavy atom. The van der Waals surface area contributed by atoms with E-state index in [1.807, 2.05) is 0 Å². The van der Waals surface area contributed by atoms with Gasteiger partial charge in [0, 0.05) is 17.7 Å². The molecule has 3 heterocycles. The molecule has 0 spiro atoms. The molecule has 9 N–H and O–H groups in total. The predicted octanol–water partition coefficient (Wildman–Crippen LogP) is -1.80. The van der Waals surface area contributed by atoms with Gasteiger partial charge in [-0.15, -0.1) is 0 Å². The maximum atomic E-state index is 13.2. The quantitative estimate of drug-likeness (QED) is 0.166. The van der Waals surface area contributed by atoms with Crippen molar-refractivity contribution in [3.8, 4) is 28.6 Å². The summed E-state index contributed by atoms with van der Waals surface area (Å²) in [4.78, 5) is 13.2. The highest BCUT2D eigenvalue weighted by atomic mass is 16.7. The van der Waals surface area contributed by atoms with Gasteiger partial charge in [-0.25, -0.2) is 0 Å². The number of phenols is 2. The van der Waals surface area contributed by atoms with E-state index in [0.717, 1.165) is 12.1 Å². The van der Waals surface area contributed by atoms with Crippen LogP contribution in [0.5, 0.6) is 17.2 Å². The highest BCUT2D eigenvalue weighted by Gasteiger charge is 2.46. The Morgan fingerprint density at radius 3 is 2.25 bits per heavy atom. The summed E-state index contributed by atoms with van der Waals surface area (Å²) in [5.74, 6) is -1.12. The third kappa shape index (κ3) is 4.89. The molecule has 3 aromatic rings. The van der Waals surface area contributed by atoms with Crippen molar-refractivity contribution in [1.82, 2.24) is 0 Å². The van der Waals surface area contributed by atoms with Crippen molar-refractivity contribution in [2.24, 2.45) is 0 Å². The van der Waals surface area contributed by atoms with Crippen LogP contribution in [0.25, 0.3) is 22.3 Å². The maximum Gasteiger partial charge on any atom is 0.229 e. The fourth-order valence-electron chi connectivity index (χ4n) is 4.79. The SMILES string of the molecule is O=c1cc(-c2ccc(O)cc2)oc2cc(OC3OC(CO)C(O)C(O)C3O)c(C3OCC(O)C(O)C3O)c(O)c12. The van der Waals surface area contributed by atoms with Crippen molar-refractivity contribution in [1.29, 1.82) is 0 Å². The summed E-state index contributed by atoms with van der Waals surface area (Å²) in [6.45, 7) is -1.21. The molecule has 0 radical (unpaired) electrons. The molecule has 216 valence electrons. The molecule has 9 atom stereocenters. The molecule has 14 heteroatoms. The average Bonchev–Trinajstić information content (AvgIpc) is 2.93. The van der Waals surface area contributed by atoms with E-state index in [0.29, 0.717) is 5.56 Å². The van der Waals surface area contributed by atoms with Gasteiger partial charge in [-0.05, 0) is 24.3 Å². The van der Waals surface area contributed by atoms with Gasteiger partial charge >= 0.3 is 0 Å². The van der Waals surface area contributed by atoms with Crippen LogP contribution in [0.15, 0.2) is 45.6 Å². The lowest BCUT2D eigenvalue weighted by Crippen LogP contribution is -2.60. The molecular weight excluding hydrogens is 536 g/mol. The second kappa shape index (κ2) is 10.9. The van der Waals surface area contributed by atoms with Gasteiger partial charge in [-0.3, -0.25) is 4.79 Å². The van der Waals surface area contributed by atoms with Gasteiger partial charge < -0.3 is 64.6 Å². The highest BCUT2D eigenvalue weighted by molar-refractivity contribution is 5.88. The van der Waals surface area contributed by atoms with Crippen LogP contribution in [0.1, 0.15) is 11.7 Å². The van der Waals surface area contributed by atoms with Crippen LogP contribution in [0.3, 0.4) is 0 Å². The molecule has 2 aliphatic heterocycles. The van der Waals surface area contributed by atoms with E-state index < -0.39 is 79.5 Å². The Kier molecular flexibility index (Phi) is 7.71. The Hall–Kier alpha value is -3.31. The number of phenolic OH excluding ortho intramolecular Hbond substituents is 2. The van der Waals surface area contributed by atoms with Crippen molar-refractivity contribution < 1.29 is 64.6 Å². The molecule has 40 heavy (non-hydrogen) atoms. The van der Waals surface area contributed by atoms with E-state index in [4.69, 9.17) is 18.6 Å². The number of aromatic hydroxyl groups is 2. The summed E-state index contributed by atoms with van der Waals surface area (Å²) in [6.07, 6.45) is -15.0. The van der Waals surface area contributed by atoms with Crippen LogP contribution in [0.2, 0.25) is 0 Å². The van der Waals surface area contributed by atoms with Gasteiger partial charge in [0.1, 0.15) is 82.8 Å². The number of aliphatic hydroxyl groups excluding tert-OH is 7. The molecule has 0 bridgehead atoms. The standard InChI is InChI=1S/C26H28O14/c27-7-16-20(32)22(34)24(36)26(40-16)39-15-6-14-17(11(29)5-13(38-14)9-1-3-10(28)4-2-9)21(33)18(15)25-23(35)19(31)12(30)8-37-25/h1-6,12,16,19-20,22-28,30-36H,7-8H2. The molecule has 2 fully saturated rings. The fourth-order valence-corrected chi connectivity index (χ4v) is 4.79. The van der Waals surface area contributed by atoms with Crippen LogP contribution in [0, 0.1) is 0 Å². The zero-order valence-electron chi connectivity index (χ0n) is 20.6. The lowest BCUT2D eigenvalue weighted by molar-refractivity contribution is -0.278. The lowest BCUT2D eigenvalue weighted by atomic mass is 9.92. The minimum absolute atomic E-state index is 0.0252. The van der Waals surface area contributed by atoms with Gasteiger partial charge in [0.25, 0.3) is 0 Å². The molecule has 0 amide bonds. The smallest absolute Gasteiger partial charge is 0.229 e. The summed E-state index contributed by atoms with van der Waals surface area (Å²) < 4.78 is 22.5. The molecule has 14 nitrogen and oxygen atoms in total. The van der Waals surface area contributed by atoms with Crippen LogP contribution >= 0.6 is 0 Å². The average molecular weight is 564 g/mol.